The van der Waals surface area contributed by atoms with E-state index in [4.69, 9.17) is 14.9 Å². The van der Waals surface area contributed by atoms with Crippen molar-refractivity contribution in [1.82, 2.24) is 10.2 Å². The summed E-state index contributed by atoms with van der Waals surface area (Å²) in [4.78, 5) is 23.9. The number of urea groups is 1. The number of aliphatic hydroxyl groups excluding tert-OH is 1. The van der Waals surface area contributed by atoms with Crippen LogP contribution in [0.5, 0.6) is 0 Å². The lowest BCUT2D eigenvalue weighted by molar-refractivity contribution is -0.138. The summed E-state index contributed by atoms with van der Waals surface area (Å²) in [6.45, 7) is 3.98. The Kier molecular flexibility index (Phi) is 7.30. The summed E-state index contributed by atoms with van der Waals surface area (Å²) in [5, 5.41) is 20.2. The quantitative estimate of drug-likeness (QED) is 0.567. The Morgan fingerprint density at radius 2 is 1.94 bits per heavy atom. The predicted octanol–water partition coefficient (Wildman–Crippen LogP) is -0.110. The standard InChI is InChI=1S/C11H22N2O5/c1-11(2,8-9(15)16)12-10(17)13(4-6-14)5-7-18-3/h14H,4-8H2,1-3H3,(H,12,17)(H,15,16). The van der Waals surface area contributed by atoms with E-state index in [1.54, 1.807) is 13.8 Å². The van der Waals surface area contributed by atoms with Crippen LogP contribution >= 0.6 is 0 Å². The van der Waals surface area contributed by atoms with Crippen molar-refractivity contribution in [3.05, 3.63) is 0 Å². The van der Waals surface area contributed by atoms with E-state index in [1.165, 1.54) is 12.0 Å². The Morgan fingerprint density at radius 3 is 2.39 bits per heavy atom. The normalized spacial score (nSPS) is 11.1. The molecule has 7 heteroatoms. The van der Waals surface area contributed by atoms with Crippen molar-refractivity contribution in [1.29, 1.82) is 0 Å². The first kappa shape index (κ1) is 16.7. The smallest absolute Gasteiger partial charge is 0.317 e. The van der Waals surface area contributed by atoms with Gasteiger partial charge in [-0.05, 0) is 13.8 Å². The van der Waals surface area contributed by atoms with E-state index < -0.39 is 17.5 Å². The maximum absolute atomic E-state index is 11.9. The SMILES string of the molecule is COCCN(CCO)C(=O)NC(C)(C)CC(=O)O. The average Bonchev–Trinajstić information content (AvgIpc) is 2.21. The summed E-state index contributed by atoms with van der Waals surface area (Å²) in [6, 6.07) is -0.410. The fourth-order valence-corrected chi connectivity index (χ4v) is 1.43. The molecule has 0 saturated carbocycles. The van der Waals surface area contributed by atoms with Gasteiger partial charge in [0.05, 0.1) is 19.6 Å². The molecule has 18 heavy (non-hydrogen) atoms. The molecular weight excluding hydrogens is 240 g/mol. The van der Waals surface area contributed by atoms with Crippen LogP contribution in [0, 0.1) is 0 Å². The first-order valence-electron chi connectivity index (χ1n) is 5.71. The third kappa shape index (κ3) is 7.08. The van der Waals surface area contributed by atoms with E-state index in [1.807, 2.05) is 0 Å². The van der Waals surface area contributed by atoms with Crippen molar-refractivity contribution < 1.29 is 24.5 Å². The molecule has 0 rings (SSSR count). The van der Waals surface area contributed by atoms with Gasteiger partial charge in [0, 0.05) is 25.7 Å². The van der Waals surface area contributed by atoms with Gasteiger partial charge in [-0.1, -0.05) is 0 Å². The van der Waals surface area contributed by atoms with Crippen molar-refractivity contribution in [2.75, 3.05) is 33.4 Å². The van der Waals surface area contributed by atoms with Crippen LogP contribution < -0.4 is 5.32 Å². The van der Waals surface area contributed by atoms with Crippen molar-refractivity contribution in [2.45, 2.75) is 25.8 Å². The fourth-order valence-electron chi connectivity index (χ4n) is 1.43. The molecule has 3 N–H and O–H groups in total. The molecule has 0 spiro atoms. The summed E-state index contributed by atoms with van der Waals surface area (Å²) < 4.78 is 4.87. The predicted molar refractivity (Wildman–Crippen MR) is 65.4 cm³/mol. The lowest BCUT2D eigenvalue weighted by atomic mass is 10.0. The minimum Gasteiger partial charge on any atom is -0.481 e. The third-order valence-corrected chi connectivity index (χ3v) is 2.26. The number of aliphatic carboxylic acids is 1. The Labute approximate surface area is 107 Å². The highest BCUT2D eigenvalue weighted by Gasteiger charge is 2.26. The van der Waals surface area contributed by atoms with Crippen LogP contribution in [0.15, 0.2) is 0 Å². The average molecular weight is 262 g/mol. The molecule has 0 aromatic heterocycles. The van der Waals surface area contributed by atoms with E-state index in [0.717, 1.165) is 0 Å². The summed E-state index contributed by atoms with van der Waals surface area (Å²) in [5.41, 5.74) is -0.844. The highest BCUT2D eigenvalue weighted by atomic mass is 16.5. The summed E-state index contributed by atoms with van der Waals surface area (Å²) in [5.74, 6) is -0.981. The number of carbonyl (C=O) groups is 2. The van der Waals surface area contributed by atoms with Crippen molar-refractivity contribution in [3.8, 4) is 0 Å². The molecule has 0 atom stereocenters. The number of methoxy groups -OCH3 is 1. The highest BCUT2D eigenvalue weighted by Crippen LogP contribution is 2.09. The van der Waals surface area contributed by atoms with Crippen LogP contribution in [0.4, 0.5) is 4.79 Å². The third-order valence-electron chi connectivity index (χ3n) is 2.26. The maximum Gasteiger partial charge on any atom is 0.317 e. The molecule has 0 aromatic rings. The van der Waals surface area contributed by atoms with Crippen LogP contribution in [0.25, 0.3) is 0 Å². The zero-order chi connectivity index (χ0) is 14.2. The monoisotopic (exact) mass is 262 g/mol. The molecule has 0 radical (unpaired) electrons. The van der Waals surface area contributed by atoms with Crippen LogP contribution in [-0.2, 0) is 9.53 Å². The number of amides is 2. The Balaban J connectivity index is 4.43. The number of carbonyl (C=O) groups excluding carboxylic acids is 1. The summed E-state index contributed by atoms with van der Waals surface area (Å²) in [7, 11) is 1.52. The second-order valence-corrected chi connectivity index (χ2v) is 4.59. The molecule has 0 aliphatic rings. The van der Waals surface area contributed by atoms with Crippen LogP contribution in [0.2, 0.25) is 0 Å². The number of aliphatic hydroxyl groups is 1. The van der Waals surface area contributed by atoms with Crippen molar-refractivity contribution in [2.24, 2.45) is 0 Å². The second kappa shape index (κ2) is 7.88. The summed E-state index contributed by atoms with van der Waals surface area (Å²) >= 11 is 0. The first-order chi connectivity index (χ1) is 8.32. The highest BCUT2D eigenvalue weighted by molar-refractivity contribution is 5.76. The van der Waals surface area contributed by atoms with Gasteiger partial charge in [0.2, 0.25) is 0 Å². The minimum absolute atomic E-state index is 0.156. The van der Waals surface area contributed by atoms with Gasteiger partial charge in [-0.25, -0.2) is 4.79 Å². The molecule has 106 valence electrons. The molecule has 0 heterocycles. The lowest BCUT2D eigenvalue weighted by Crippen LogP contribution is -2.52. The van der Waals surface area contributed by atoms with E-state index >= 15 is 0 Å². The molecule has 0 aliphatic carbocycles. The topological polar surface area (TPSA) is 99.1 Å². The minimum atomic E-state index is -0.981. The van der Waals surface area contributed by atoms with Gasteiger partial charge in [0.1, 0.15) is 0 Å². The molecule has 0 aromatic carbocycles. The molecule has 0 aliphatic heterocycles. The first-order valence-corrected chi connectivity index (χ1v) is 5.71. The number of hydrogen-bond acceptors (Lipinski definition) is 4. The lowest BCUT2D eigenvalue weighted by Gasteiger charge is -2.29. The van der Waals surface area contributed by atoms with Crippen LogP contribution in [0.1, 0.15) is 20.3 Å². The number of nitrogens with zero attached hydrogens (tertiary/aromatic N) is 1. The molecule has 0 saturated heterocycles. The van der Waals surface area contributed by atoms with Gasteiger partial charge in [-0.15, -0.1) is 0 Å². The number of rotatable bonds is 8. The van der Waals surface area contributed by atoms with E-state index in [2.05, 4.69) is 5.32 Å². The van der Waals surface area contributed by atoms with Crippen molar-refractivity contribution in [3.63, 3.8) is 0 Å². The molecule has 0 fully saturated rings. The number of ether oxygens (including phenoxy) is 1. The van der Waals surface area contributed by atoms with Crippen molar-refractivity contribution >= 4 is 12.0 Å². The largest absolute Gasteiger partial charge is 0.481 e. The number of nitrogens with one attached hydrogen (secondary N) is 1. The maximum atomic E-state index is 11.9. The van der Waals surface area contributed by atoms with Gasteiger partial charge >= 0.3 is 12.0 Å². The van der Waals surface area contributed by atoms with E-state index in [0.29, 0.717) is 13.2 Å². The molecule has 2 amide bonds. The van der Waals surface area contributed by atoms with E-state index in [9.17, 15) is 9.59 Å². The van der Waals surface area contributed by atoms with Gasteiger partial charge in [-0.2, -0.15) is 0 Å². The molecule has 0 bridgehead atoms. The fraction of sp³-hybridized carbons (Fsp3) is 0.818. The summed E-state index contributed by atoms with van der Waals surface area (Å²) in [6.07, 6.45) is -0.171. The second-order valence-electron chi connectivity index (χ2n) is 4.59. The van der Waals surface area contributed by atoms with Gasteiger partial charge in [0.25, 0.3) is 0 Å². The number of carboxylic acids is 1. The van der Waals surface area contributed by atoms with E-state index in [-0.39, 0.29) is 19.6 Å². The van der Waals surface area contributed by atoms with Crippen LogP contribution in [0.3, 0.4) is 0 Å². The van der Waals surface area contributed by atoms with Gasteiger partial charge in [-0.3, -0.25) is 4.79 Å². The molecular formula is C11H22N2O5. The van der Waals surface area contributed by atoms with Crippen LogP contribution in [-0.4, -0.2) is 66.1 Å². The molecule has 7 nitrogen and oxygen atoms in total. The van der Waals surface area contributed by atoms with Gasteiger partial charge in [0.15, 0.2) is 0 Å². The zero-order valence-corrected chi connectivity index (χ0v) is 11.1. The Hall–Kier alpha value is -1.34. The number of hydrogen-bond donors (Lipinski definition) is 3. The Bertz CT molecular complexity index is 281. The Morgan fingerprint density at radius 1 is 1.33 bits per heavy atom. The number of carboxylic acid groups (broad SMARTS) is 1. The van der Waals surface area contributed by atoms with Gasteiger partial charge < -0.3 is 25.2 Å². The molecule has 0 unspecified atom stereocenters. The zero-order valence-electron chi connectivity index (χ0n) is 11.1.